The smallest absolute Gasteiger partial charge is 0.231 e. The summed E-state index contributed by atoms with van der Waals surface area (Å²) in [5.41, 5.74) is 3.14. The summed E-state index contributed by atoms with van der Waals surface area (Å²) >= 11 is 0. The van der Waals surface area contributed by atoms with Crippen LogP contribution in [0.2, 0.25) is 0 Å². The van der Waals surface area contributed by atoms with Crippen LogP contribution >= 0.6 is 0 Å². The van der Waals surface area contributed by atoms with Gasteiger partial charge in [0.2, 0.25) is 11.5 Å². The van der Waals surface area contributed by atoms with Crippen molar-refractivity contribution in [3.8, 4) is 28.7 Å². The van der Waals surface area contributed by atoms with Gasteiger partial charge in [0.25, 0.3) is 0 Å². The number of ether oxygens (including phenoxy) is 5. The van der Waals surface area contributed by atoms with Crippen molar-refractivity contribution in [1.82, 2.24) is 9.88 Å². The van der Waals surface area contributed by atoms with Crippen LogP contribution < -0.4 is 23.7 Å². The van der Waals surface area contributed by atoms with Crippen LogP contribution in [0.25, 0.3) is 6.08 Å². The number of nitrogens with zero attached hydrogens (tertiary/aromatic N) is 2. The summed E-state index contributed by atoms with van der Waals surface area (Å²) < 4.78 is 28.4. The first kappa shape index (κ1) is 21.8. The van der Waals surface area contributed by atoms with Crippen LogP contribution in [-0.2, 0) is 13.1 Å². The molecule has 0 N–H and O–H groups in total. The molecule has 3 aromatic rings. The zero-order valence-corrected chi connectivity index (χ0v) is 19.2. The molecule has 2 aromatic carbocycles. The van der Waals surface area contributed by atoms with E-state index in [1.807, 2.05) is 18.2 Å². The quantitative estimate of drug-likeness (QED) is 0.510. The lowest BCUT2D eigenvalue weighted by Gasteiger charge is -2.29. The summed E-state index contributed by atoms with van der Waals surface area (Å²) in [5, 5.41) is 0. The number of pyridine rings is 1. The highest BCUT2D eigenvalue weighted by atomic mass is 16.5. The summed E-state index contributed by atoms with van der Waals surface area (Å²) in [6, 6.07) is 11.1. The zero-order valence-electron chi connectivity index (χ0n) is 19.2. The summed E-state index contributed by atoms with van der Waals surface area (Å²) in [6.07, 6.45) is 5.20. The molecule has 0 saturated heterocycles. The van der Waals surface area contributed by atoms with Gasteiger partial charge in [-0.05, 0) is 48.0 Å². The highest BCUT2D eigenvalue weighted by Gasteiger charge is 2.34. The Balaban J connectivity index is 1.46. The lowest BCUT2D eigenvalue weighted by molar-refractivity contribution is 0.0872. The van der Waals surface area contributed by atoms with E-state index in [9.17, 15) is 4.79 Å². The molecule has 1 aromatic heterocycles. The van der Waals surface area contributed by atoms with Crippen molar-refractivity contribution in [3.05, 3.63) is 76.8 Å². The van der Waals surface area contributed by atoms with Crippen molar-refractivity contribution < 1.29 is 28.5 Å². The van der Waals surface area contributed by atoms with E-state index >= 15 is 0 Å². The van der Waals surface area contributed by atoms with Gasteiger partial charge in [-0.15, -0.1) is 0 Å². The molecule has 0 saturated carbocycles. The molecule has 34 heavy (non-hydrogen) atoms. The Labute approximate surface area is 197 Å². The third kappa shape index (κ3) is 3.82. The van der Waals surface area contributed by atoms with Crippen molar-refractivity contribution in [2.24, 2.45) is 0 Å². The van der Waals surface area contributed by atoms with E-state index in [1.54, 1.807) is 43.8 Å². The highest BCUT2D eigenvalue weighted by Crippen LogP contribution is 2.44. The van der Waals surface area contributed by atoms with Gasteiger partial charge >= 0.3 is 0 Å². The molecular weight excluding hydrogens is 436 g/mol. The number of carbonyl (C=O) groups is 1. The molecule has 3 heterocycles. The van der Waals surface area contributed by atoms with Crippen molar-refractivity contribution in [2.75, 3.05) is 28.1 Å². The van der Waals surface area contributed by atoms with Gasteiger partial charge in [0, 0.05) is 31.0 Å². The fourth-order valence-corrected chi connectivity index (χ4v) is 4.23. The molecule has 174 valence electrons. The fourth-order valence-electron chi connectivity index (χ4n) is 4.23. The molecule has 8 heteroatoms. The molecule has 0 fully saturated rings. The number of carbonyl (C=O) groups excluding carboxylic acids is 1. The Morgan fingerprint density at radius 2 is 1.79 bits per heavy atom. The fraction of sp³-hybridized carbons (Fsp3) is 0.231. The second-order valence-electron chi connectivity index (χ2n) is 7.90. The van der Waals surface area contributed by atoms with Crippen molar-refractivity contribution in [3.63, 3.8) is 0 Å². The average molecular weight is 460 g/mol. The van der Waals surface area contributed by atoms with E-state index in [4.69, 9.17) is 23.7 Å². The molecule has 5 rings (SSSR count). The van der Waals surface area contributed by atoms with Gasteiger partial charge in [-0.3, -0.25) is 14.7 Å². The number of Topliss-reactive ketones (excluding diaryl/α,β-unsaturated/α-hetero) is 1. The Morgan fingerprint density at radius 3 is 2.53 bits per heavy atom. The van der Waals surface area contributed by atoms with Gasteiger partial charge in [-0.25, -0.2) is 0 Å². The first-order chi connectivity index (χ1) is 16.6. The van der Waals surface area contributed by atoms with Gasteiger partial charge in [-0.1, -0.05) is 0 Å². The maximum atomic E-state index is 13.2. The highest BCUT2D eigenvalue weighted by molar-refractivity contribution is 6.15. The van der Waals surface area contributed by atoms with E-state index in [1.165, 1.54) is 14.2 Å². The first-order valence-electron chi connectivity index (χ1n) is 10.8. The zero-order chi connectivity index (χ0) is 23.7. The standard InChI is InChI=1S/C26H24N2O6/c1-30-21-6-4-17(24(31-2)26(21)32-3)12-22-23(29)18-5-7-20-19(25(18)34-22)14-28(15-33-20)13-16-8-10-27-11-9-16/h4-12H,13-15H2,1-3H3. The molecule has 0 unspecified atom stereocenters. The number of ketones is 1. The maximum Gasteiger partial charge on any atom is 0.231 e. The lowest BCUT2D eigenvalue weighted by Crippen LogP contribution is -2.31. The van der Waals surface area contributed by atoms with Crippen LogP contribution in [0.5, 0.6) is 28.7 Å². The molecule has 0 bridgehead atoms. The Kier molecular flexibility index (Phi) is 5.81. The number of allylic oxidation sites excluding steroid dienone is 1. The van der Waals surface area contributed by atoms with Gasteiger partial charge in [0.1, 0.15) is 18.2 Å². The summed E-state index contributed by atoms with van der Waals surface area (Å²) in [7, 11) is 4.63. The van der Waals surface area contributed by atoms with Crippen LogP contribution in [-0.4, -0.2) is 43.7 Å². The van der Waals surface area contributed by atoms with Crippen molar-refractivity contribution >= 4 is 11.9 Å². The van der Waals surface area contributed by atoms with Gasteiger partial charge in [0.15, 0.2) is 17.3 Å². The minimum atomic E-state index is -0.194. The number of hydrogen-bond donors (Lipinski definition) is 0. The second kappa shape index (κ2) is 9.07. The monoisotopic (exact) mass is 460 g/mol. The van der Waals surface area contributed by atoms with Crippen LogP contribution in [0.4, 0.5) is 0 Å². The SMILES string of the molecule is COc1ccc(C=C2Oc3c(ccc4c3CN(Cc3ccncc3)CO4)C2=O)c(OC)c1OC. The molecule has 0 atom stereocenters. The van der Waals surface area contributed by atoms with Crippen molar-refractivity contribution in [2.45, 2.75) is 13.1 Å². The molecule has 0 amide bonds. The summed E-state index contributed by atoms with van der Waals surface area (Å²) in [6.45, 7) is 1.75. The van der Waals surface area contributed by atoms with E-state index in [0.29, 0.717) is 53.9 Å². The number of hydrogen-bond acceptors (Lipinski definition) is 8. The molecule has 0 spiro atoms. The van der Waals surface area contributed by atoms with E-state index in [0.717, 1.165) is 16.9 Å². The second-order valence-corrected chi connectivity index (χ2v) is 7.90. The molecule has 0 aliphatic carbocycles. The number of aromatic nitrogens is 1. The van der Waals surface area contributed by atoms with Crippen LogP contribution in [0.15, 0.2) is 54.6 Å². The molecule has 0 radical (unpaired) electrons. The van der Waals surface area contributed by atoms with Gasteiger partial charge < -0.3 is 23.7 Å². The Bertz CT molecular complexity index is 1270. The molecular formula is C26H24N2O6. The average Bonchev–Trinajstić information content (AvgIpc) is 3.19. The first-order valence-corrected chi connectivity index (χ1v) is 10.8. The minimum Gasteiger partial charge on any atom is -0.493 e. The number of benzene rings is 2. The van der Waals surface area contributed by atoms with E-state index in [-0.39, 0.29) is 11.5 Å². The summed E-state index contributed by atoms with van der Waals surface area (Å²) in [5.74, 6) is 2.70. The Morgan fingerprint density at radius 1 is 1.00 bits per heavy atom. The maximum absolute atomic E-state index is 13.2. The van der Waals surface area contributed by atoms with Gasteiger partial charge in [-0.2, -0.15) is 0 Å². The number of rotatable bonds is 6. The third-order valence-electron chi connectivity index (χ3n) is 5.86. The topological polar surface area (TPSA) is 79.4 Å². The van der Waals surface area contributed by atoms with Crippen molar-refractivity contribution in [1.29, 1.82) is 0 Å². The van der Waals surface area contributed by atoms with E-state index < -0.39 is 0 Å². The summed E-state index contributed by atoms with van der Waals surface area (Å²) in [4.78, 5) is 19.4. The third-order valence-corrected chi connectivity index (χ3v) is 5.86. The van der Waals surface area contributed by atoms with Crippen LogP contribution in [0.3, 0.4) is 0 Å². The predicted octanol–water partition coefficient (Wildman–Crippen LogP) is 4.08. The van der Waals surface area contributed by atoms with E-state index in [2.05, 4.69) is 9.88 Å². The van der Waals surface area contributed by atoms with Gasteiger partial charge in [0.05, 0.1) is 32.5 Å². The number of fused-ring (bicyclic) bond motifs is 3. The largest absolute Gasteiger partial charge is 0.493 e. The Hall–Kier alpha value is -4.04. The van der Waals surface area contributed by atoms with Crippen LogP contribution in [0, 0.1) is 0 Å². The predicted molar refractivity (Wildman–Crippen MR) is 124 cm³/mol. The molecule has 8 nitrogen and oxygen atoms in total. The lowest BCUT2D eigenvalue weighted by atomic mass is 10.0. The number of methoxy groups -OCH3 is 3. The minimum absolute atomic E-state index is 0.194. The van der Waals surface area contributed by atoms with Crippen LogP contribution in [0.1, 0.15) is 27.0 Å². The normalized spacial score (nSPS) is 15.9. The molecule has 2 aliphatic rings. The molecule has 2 aliphatic heterocycles.